The van der Waals surface area contributed by atoms with Crippen molar-refractivity contribution in [3.63, 3.8) is 0 Å². The molecule has 1 saturated heterocycles. The maximum Gasteiger partial charge on any atom is 0.200 e. The van der Waals surface area contributed by atoms with E-state index in [-0.39, 0.29) is 17.8 Å². The molecule has 7 heteroatoms. The highest BCUT2D eigenvalue weighted by Gasteiger charge is 2.45. The van der Waals surface area contributed by atoms with Crippen molar-refractivity contribution >= 4 is 16.9 Å². The van der Waals surface area contributed by atoms with E-state index in [9.17, 15) is 5.11 Å². The van der Waals surface area contributed by atoms with E-state index < -0.39 is 0 Å². The second kappa shape index (κ2) is 7.31. The topological polar surface area (TPSA) is 67.2 Å². The van der Waals surface area contributed by atoms with Crippen LogP contribution in [0.15, 0.2) is 41.5 Å². The molecule has 0 saturated carbocycles. The van der Waals surface area contributed by atoms with Crippen molar-refractivity contribution in [3.05, 3.63) is 47.8 Å². The third-order valence-corrected chi connectivity index (χ3v) is 6.30. The maximum absolute atomic E-state index is 10.3. The average Bonchev–Trinajstić information content (AvgIpc) is 3.28. The highest BCUT2D eigenvalue weighted by molar-refractivity contribution is 8.14. The van der Waals surface area contributed by atoms with Crippen LogP contribution in [-0.4, -0.2) is 46.2 Å². The number of thioether (sulfide) groups is 1. The molecule has 2 aliphatic rings. The van der Waals surface area contributed by atoms with Gasteiger partial charge in [-0.2, -0.15) is 0 Å². The van der Waals surface area contributed by atoms with Gasteiger partial charge in [0.05, 0.1) is 26.0 Å². The number of amidine groups is 1. The summed E-state index contributed by atoms with van der Waals surface area (Å²) in [5, 5.41) is 11.4. The lowest BCUT2D eigenvalue weighted by molar-refractivity contribution is 0.253. The smallest absolute Gasteiger partial charge is 0.200 e. The summed E-state index contributed by atoms with van der Waals surface area (Å²) in [7, 11) is 3.09. The molecule has 1 aromatic heterocycles. The number of ether oxygens (including phenoxy) is 2. The molecule has 4 rings (SSSR count). The SMILES string of the molecule is CC[C@H]1CSC2=N[C@H](c3ccccn3)[C@@H](c3cc(OC)c(O)c(OC)c3)N21. The zero-order chi connectivity index (χ0) is 19.0. The first-order valence-corrected chi connectivity index (χ1v) is 10.0. The Bertz CT molecular complexity index is 834. The number of hydrogen-bond donors (Lipinski definition) is 1. The summed E-state index contributed by atoms with van der Waals surface area (Å²) in [6, 6.07) is 9.98. The van der Waals surface area contributed by atoms with Crippen molar-refractivity contribution in [2.24, 2.45) is 4.99 Å². The summed E-state index contributed by atoms with van der Waals surface area (Å²) in [5.74, 6) is 1.85. The quantitative estimate of drug-likeness (QED) is 0.845. The normalized spacial score (nSPS) is 23.9. The van der Waals surface area contributed by atoms with Crippen LogP contribution < -0.4 is 9.47 Å². The summed E-state index contributed by atoms with van der Waals surface area (Å²) < 4.78 is 10.8. The zero-order valence-corrected chi connectivity index (χ0v) is 16.4. The lowest BCUT2D eigenvalue weighted by atomic mass is 9.94. The van der Waals surface area contributed by atoms with E-state index in [1.165, 1.54) is 0 Å². The van der Waals surface area contributed by atoms with Gasteiger partial charge in [0.2, 0.25) is 5.75 Å². The monoisotopic (exact) mass is 385 g/mol. The Balaban J connectivity index is 1.84. The Labute approximate surface area is 163 Å². The van der Waals surface area contributed by atoms with Crippen molar-refractivity contribution in [1.82, 2.24) is 9.88 Å². The second-order valence-electron chi connectivity index (χ2n) is 6.61. The van der Waals surface area contributed by atoms with E-state index in [0.717, 1.165) is 28.6 Å². The molecule has 1 N–H and O–H groups in total. The Morgan fingerprint density at radius 3 is 2.56 bits per heavy atom. The molecule has 2 aromatic rings. The predicted molar refractivity (Wildman–Crippen MR) is 107 cm³/mol. The van der Waals surface area contributed by atoms with Crippen molar-refractivity contribution in [2.75, 3.05) is 20.0 Å². The van der Waals surface area contributed by atoms with Gasteiger partial charge in [0, 0.05) is 18.0 Å². The van der Waals surface area contributed by atoms with E-state index in [0.29, 0.717) is 17.5 Å². The molecular weight excluding hydrogens is 362 g/mol. The van der Waals surface area contributed by atoms with Gasteiger partial charge in [-0.25, -0.2) is 0 Å². The number of fused-ring (bicyclic) bond motifs is 1. The van der Waals surface area contributed by atoms with E-state index in [1.807, 2.05) is 30.3 Å². The molecule has 142 valence electrons. The molecule has 6 nitrogen and oxygen atoms in total. The lowest BCUT2D eigenvalue weighted by Crippen LogP contribution is -2.35. The highest BCUT2D eigenvalue weighted by atomic mass is 32.2. The first-order chi connectivity index (χ1) is 13.2. The van der Waals surface area contributed by atoms with Crippen LogP contribution in [0.2, 0.25) is 0 Å². The van der Waals surface area contributed by atoms with Crippen LogP contribution in [0.4, 0.5) is 0 Å². The lowest BCUT2D eigenvalue weighted by Gasteiger charge is -2.32. The van der Waals surface area contributed by atoms with Crippen LogP contribution in [0.3, 0.4) is 0 Å². The Kier molecular flexibility index (Phi) is 4.86. The third-order valence-electron chi connectivity index (χ3n) is 5.17. The fourth-order valence-electron chi connectivity index (χ4n) is 3.79. The van der Waals surface area contributed by atoms with E-state index >= 15 is 0 Å². The second-order valence-corrected chi connectivity index (χ2v) is 7.60. The van der Waals surface area contributed by atoms with Crippen molar-refractivity contribution in [2.45, 2.75) is 31.5 Å². The Morgan fingerprint density at radius 2 is 1.96 bits per heavy atom. The molecule has 1 aromatic carbocycles. The summed E-state index contributed by atoms with van der Waals surface area (Å²) in [6.07, 6.45) is 2.85. The number of aromatic hydroxyl groups is 1. The number of nitrogens with zero attached hydrogens (tertiary/aromatic N) is 3. The van der Waals surface area contributed by atoms with Gasteiger partial charge in [0.15, 0.2) is 16.7 Å². The first-order valence-electron chi connectivity index (χ1n) is 9.02. The van der Waals surface area contributed by atoms with E-state index in [2.05, 4.69) is 16.8 Å². The molecule has 0 spiro atoms. The van der Waals surface area contributed by atoms with Gasteiger partial charge in [-0.15, -0.1) is 0 Å². The number of phenols is 1. The molecule has 27 heavy (non-hydrogen) atoms. The van der Waals surface area contributed by atoms with Crippen molar-refractivity contribution in [1.29, 1.82) is 0 Å². The van der Waals surface area contributed by atoms with Crippen molar-refractivity contribution < 1.29 is 14.6 Å². The molecule has 0 bridgehead atoms. The third kappa shape index (κ3) is 3.00. The summed E-state index contributed by atoms with van der Waals surface area (Å²) >= 11 is 1.80. The minimum atomic E-state index is -0.109. The van der Waals surface area contributed by atoms with Crippen LogP contribution in [0.1, 0.15) is 36.7 Å². The molecule has 2 aliphatic heterocycles. The fraction of sp³-hybridized carbons (Fsp3) is 0.400. The first kappa shape index (κ1) is 18.0. The van der Waals surface area contributed by atoms with Crippen LogP contribution in [0.25, 0.3) is 0 Å². The molecule has 0 amide bonds. The number of benzene rings is 1. The largest absolute Gasteiger partial charge is 0.502 e. The number of aliphatic imine (C=N–C) groups is 1. The van der Waals surface area contributed by atoms with Gasteiger partial charge < -0.3 is 19.5 Å². The van der Waals surface area contributed by atoms with Gasteiger partial charge in [-0.1, -0.05) is 24.8 Å². The summed E-state index contributed by atoms with van der Waals surface area (Å²) in [4.78, 5) is 12.0. The zero-order valence-electron chi connectivity index (χ0n) is 15.6. The van der Waals surface area contributed by atoms with Crippen molar-refractivity contribution in [3.8, 4) is 17.2 Å². The van der Waals surface area contributed by atoms with E-state index in [4.69, 9.17) is 14.5 Å². The minimum absolute atomic E-state index is 0.0140. The van der Waals surface area contributed by atoms with Crippen LogP contribution in [0.5, 0.6) is 17.2 Å². The molecular formula is C20H23N3O3S. The number of rotatable bonds is 5. The molecule has 3 heterocycles. The van der Waals surface area contributed by atoms with E-state index in [1.54, 1.807) is 32.2 Å². The summed E-state index contributed by atoms with van der Waals surface area (Å²) in [5.41, 5.74) is 1.93. The minimum Gasteiger partial charge on any atom is -0.502 e. The number of methoxy groups -OCH3 is 2. The predicted octanol–water partition coefficient (Wildman–Crippen LogP) is 3.78. The Hall–Kier alpha value is -2.41. The van der Waals surface area contributed by atoms with Crippen LogP contribution >= 0.6 is 11.8 Å². The molecule has 3 atom stereocenters. The fourth-order valence-corrected chi connectivity index (χ4v) is 5.13. The van der Waals surface area contributed by atoms with Gasteiger partial charge in [-0.05, 0) is 36.2 Å². The number of hydrogen-bond acceptors (Lipinski definition) is 7. The van der Waals surface area contributed by atoms with Crippen LogP contribution in [0, 0.1) is 0 Å². The Morgan fingerprint density at radius 1 is 1.22 bits per heavy atom. The standard InChI is InChI=1S/C20H23N3O3S/c1-4-13-11-27-20-22-17(14-7-5-6-8-21-14)18(23(13)20)12-9-15(25-2)19(24)16(10-12)26-3/h5-10,13,17-18,24H,4,11H2,1-3H3/t13-,17+,18+/m0/s1. The molecule has 1 fully saturated rings. The summed E-state index contributed by atoms with van der Waals surface area (Å²) in [6.45, 7) is 2.21. The van der Waals surface area contributed by atoms with Crippen LogP contribution in [-0.2, 0) is 0 Å². The number of aromatic nitrogens is 1. The number of phenolic OH excluding ortho intramolecular Hbond substituents is 1. The van der Waals surface area contributed by atoms with Gasteiger partial charge in [0.25, 0.3) is 0 Å². The van der Waals surface area contributed by atoms with Gasteiger partial charge >= 0.3 is 0 Å². The molecule has 0 radical (unpaired) electrons. The van der Waals surface area contributed by atoms with Gasteiger partial charge in [0.1, 0.15) is 6.04 Å². The molecule has 0 unspecified atom stereocenters. The number of pyridine rings is 1. The highest BCUT2D eigenvalue weighted by Crippen LogP contribution is 2.50. The van der Waals surface area contributed by atoms with Gasteiger partial charge in [-0.3, -0.25) is 9.98 Å². The average molecular weight is 385 g/mol. The maximum atomic E-state index is 10.3. The molecule has 0 aliphatic carbocycles.